The van der Waals surface area contributed by atoms with Crippen LogP contribution in [0.15, 0.2) is 48.5 Å². The fourth-order valence-electron chi connectivity index (χ4n) is 4.52. The molecule has 0 amide bonds. The summed E-state index contributed by atoms with van der Waals surface area (Å²) in [6, 6.07) is 20.2. The molecule has 8 heteroatoms. The second-order valence-corrected chi connectivity index (χ2v) is 57.9. The molecule has 5 rings (SSSR count). The molecule has 0 unspecified atom stereocenters. The van der Waals surface area contributed by atoms with Crippen LogP contribution in [0.25, 0.3) is 0 Å². The molecule has 0 aromatic carbocycles. The summed E-state index contributed by atoms with van der Waals surface area (Å²) in [7, 11) is 0. The summed E-state index contributed by atoms with van der Waals surface area (Å²) in [4.78, 5) is 0. The van der Waals surface area contributed by atoms with E-state index in [1.807, 2.05) is 0 Å². The molecule has 0 saturated heterocycles. The van der Waals surface area contributed by atoms with Gasteiger partial charge in [-0.15, -0.1) is 0 Å². The van der Waals surface area contributed by atoms with Crippen molar-refractivity contribution >= 4 is 128 Å². The van der Waals surface area contributed by atoms with Gasteiger partial charge >= 0.3 is 223 Å². The van der Waals surface area contributed by atoms with E-state index in [4.69, 9.17) is 0 Å². The van der Waals surface area contributed by atoms with Crippen molar-refractivity contribution < 1.29 is 0 Å². The Morgan fingerprint density at radius 3 is 0.562 bits per heavy atom. The van der Waals surface area contributed by atoms with Gasteiger partial charge in [0.25, 0.3) is 0 Å². The van der Waals surface area contributed by atoms with E-state index >= 15 is 0 Å². The Kier molecular flexibility index (Phi) is 6.36. The predicted molar refractivity (Wildman–Crippen MR) is 164 cm³/mol. The van der Waals surface area contributed by atoms with E-state index in [0.717, 1.165) is 0 Å². The van der Waals surface area contributed by atoms with E-state index in [1.165, 1.54) is 0 Å². The van der Waals surface area contributed by atoms with Crippen molar-refractivity contribution in [2.75, 3.05) is 0 Å². The third-order valence-corrected chi connectivity index (χ3v) is 60.0. The number of rotatable bonds is 0. The van der Waals surface area contributed by atoms with Crippen LogP contribution in [0.1, 0.15) is 0 Å². The van der Waals surface area contributed by atoms with Crippen LogP contribution in [0.3, 0.4) is 0 Å². The first-order valence-corrected chi connectivity index (χ1v) is 39.7. The van der Waals surface area contributed by atoms with Crippen LogP contribution in [0.5, 0.6) is 0 Å². The average Bonchev–Trinajstić information content (AvgIpc) is 3.53. The Morgan fingerprint density at radius 2 is 0.438 bits per heavy atom. The van der Waals surface area contributed by atoms with Gasteiger partial charge in [0.2, 0.25) is 0 Å². The molecular weight excluding hydrogens is 707 g/mol. The molecular formula is C24H32Ge4S4. The quantitative estimate of drug-likeness (QED) is 0.243. The van der Waals surface area contributed by atoms with Gasteiger partial charge in [-0.25, -0.2) is 0 Å². The first-order valence-electron chi connectivity index (χ1n) is 11.3. The monoisotopic (exact) mass is 744 g/mol. The summed E-state index contributed by atoms with van der Waals surface area (Å²) in [5, 5.41) is 0. The molecule has 0 saturated carbocycles. The summed E-state index contributed by atoms with van der Waals surface area (Å²) in [5.74, 6) is 21.0. The zero-order valence-electron chi connectivity index (χ0n) is 20.3. The van der Waals surface area contributed by atoms with Crippen LogP contribution < -0.4 is 29.7 Å². The first-order chi connectivity index (χ1) is 14.8. The van der Waals surface area contributed by atoms with Crippen LogP contribution in [0, 0.1) is 0 Å². The second kappa shape index (κ2) is 8.25. The summed E-state index contributed by atoms with van der Waals surface area (Å²) in [5.41, 5.74) is 0. The van der Waals surface area contributed by atoms with Gasteiger partial charge in [0.05, 0.1) is 0 Å². The molecule has 8 bridgehead atoms. The van der Waals surface area contributed by atoms with Crippen molar-refractivity contribution in [2.45, 2.75) is 46.0 Å². The van der Waals surface area contributed by atoms with Gasteiger partial charge < -0.3 is 0 Å². The second-order valence-electron chi connectivity index (χ2n) is 11.2. The fraction of sp³-hybridized carbons (Fsp3) is 0.333. The molecule has 0 spiro atoms. The van der Waals surface area contributed by atoms with Crippen LogP contribution in [0.4, 0.5) is 0 Å². The normalized spacial score (nSPS) is 20.2. The van der Waals surface area contributed by atoms with E-state index in [1.54, 1.807) is 29.7 Å². The van der Waals surface area contributed by atoms with Crippen LogP contribution >= 0.6 is 45.3 Å². The molecule has 1 aliphatic rings. The molecule has 0 atom stereocenters. The van der Waals surface area contributed by atoms with Crippen molar-refractivity contribution in [1.29, 1.82) is 0 Å². The van der Waals surface area contributed by atoms with Gasteiger partial charge in [-0.1, -0.05) is 0 Å². The standard InChI is InChI=1S/C24H32Ge4S4/c1-25(2)17-9-11-19(29-17)26(3,4)21-13-15-23(31-21)28(7,8)24-16-14-22(32-24)27(5,6)20-12-10-18(25)30-20/h9-16H,1-8H3. The minimum atomic E-state index is -2.26. The number of hydrogen-bond acceptors (Lipinski definition) is 4. The SMILES string of the molecule is [CH3][Ge]1([CH3])[c]2cc[c](s2)[Ge]([CH3])([CH3])[c]2cc[c](s2)[Ge]([CH3])([CH3])[c]2cc[c](s2)[Ge]([CH3])([CH3])[c]2cc[c]1s2. The number of thiophene rings is 4. The molecule has 0 fully saturated rings. The van der Waals surface area contributed by atoms with Gasteiger partial charge in [0.1, 0.15) is 0 Å². The van der Waals surface area contributed by atoms with Crippen molar-refractivity contribution in [2.24, 2.45) is 0 Å². The fourth-order valence-corrected chi connectivity index (χ4v) is 48.7. The Balaban J connectivity index is 1.76. The average molecular weight is 739 g/mol. The third kappa shape index (κ3) is 3.85. The molecule has 5 heterocycles. The van der Waals surface area contributed by atoms with E-state index in [-0.39, 0.29) is 0 Å². The van der Waals surface area contributed by atoms with Crippen LogP contribution in [0.2, 0.25) is 46.0 Å². The molecule has 0 radical (unpaired) electrons. The molecule has 4 aromatic rings. The maximum atomic E-state index is 2.62. The summed E-state index contributed by atoms with van der Waals surface area (Å²) >= 11 is -0.280. The zero-order valence-corrected chi connectivity index (χ0v) is 31.9. The van der Waals surface area contributed by atoms with E-state index in [9.17, 15) is 0 Å². The van der Waals surface area contributed by atoms with Gasteiger partial charge in [-0.3, -0.25) is 0 Å². The van der Waals surface area contributed by atoms with Crippen molar-refractivity contribution in [3.63, 3.8) is 0 Å². The molecule has 168 valence electrons. The van der Waals surface area contributed by atoms with Crippen LogP contribution in [-0.4, -0.2) is 53.1 Å². The molecule has 32 heavy (non-hydrogen) atoms. The Bertz CT molecular complexity index is 1020. The number of fused-ring (bicyclic) bond motifs is 8. The van der Waals surface area contributed by atoms with Crippen molar-refractivity contribution in [3.05, 3.63) is 48.5 Å². The van der Waals surface area contributed by atoms with E-state index < -0.39 is 53.1 Å². The minimum absolute atomic E-state index is 1.72. The van der Waals surface area contributed by atoms with Gasteiger partial charge in [0, 0.05) is 0 Å². The van der Waals surface area contributed by atoms with Crippen LogP contribution in [-0.2, 0) is 0 Å². The molecule has 0 nitrogen and oxygen atoms in total. The summed E-state index contributed by atoms with van der Waals surface area (Å²) in [6.45, 7) is 0. The molecule has 1 aliphatic heterocycles. The van der Waals surface area contributed by atoms with Crippen molar-refractivity contribution in [1.82, 2.24) is 0 Å². The van der Waals surface area contributed by atoms with Gasteiger partial charge in [-0.2, -0.15) is 0 Å². The van der Waals surface area contributed by atoms with Gasteiger partial charge in [-0.05, 0) is 0 Å². The Labute approximate surface area is 219 Å². The predicted octanol–water partition coefficient (Wildman–Crippen LogP) is 3.54. The van der Waals surface area contributed by atoms with E-state index in [2.05, 4.69) is 140 Å². The molecule has 0 aliphatic carbocycles. The van der Waals surface area contributed by atoms with Gasteiger partial charge in [0.15, 0.2) is 0 Å². The summed E-state index contributed by atoms with van der Waals surface area (Å²) in [6.07, 6.45) is 0. The third-order valence-electron chi connectivity index (χ3n) is 7.35. The maximum absolute atomic E-state index is 2.62. The molecule has 4 aromatic heterocycles. The molecule has 0 N–H and O–H groups in total. The van der Waals surface area contributed by atoms with E-state index in [0.29, 0.717) is 0 Å². The summed E-state index contributed by atoms with van der Waals surface area (Å²) < 4.78 is 13.8. The van der Waals surface area contributed by atoms with Crippen molar-refractivity contribution in [3.8, 4) is 0 Å². The number of hydrogen-bond donors (Lipinski definition) is 0. The zero-order chi connectivity index (χ0) is 23.1. The Morgan fingerprint density at radius 1 is 0.312 bits per heavy atom. The first kappa shape index (κ1) is 24.7. The topological polar surface area (TPSA) is 0 Å². The Hall–Kier alpha value is 0.971.